The van der Waals surface area contributed by atoms with E-state index in [2.05, 4.69) is 60.0 Å². The molecule has 1 N–H and O–H groups in total. The van der Waals surface area contributed by atoms with Crippen molar-refractivity contribution in [3.05, 3.63) is 36.0 Å². The predicted octanol–water partition coefficient (Wildman–Crippen LogP) is 5.30. The van der Waals surface area contributed by atoms with Crippen molar-refractivity contribution in [3.63, 3.8) is 0 Å². The third kappa shape index (κ3) is 9.53. The zero-order valence-electron chi connectivity index (χ0n) is 21.7. The monoisotopic (exact) mass is 600 g/mol. The Hall–Kier alpha value is -1.39. The number of allylic oxidation sites excluding steroid dienone is 3. The van der Waals surface area contributed by atoms with Crippen LogP contribution in [-0.2, 0) is 19.0 Å². The number of ether oxygens (including phenoxy) is 3. The second-order valence-corrected chi connectivity index (χ2v) is 13.0. The molecule has 8 heteroatoms. The molecule has 0 aromatic rings. The van der Waals surface area contributed by atoms with E-state index in [1.165, 1.54) is 16.5 Å². The predicted molar refractivity (Wildman–Crippen MR) is 145 cm³/mol. The molecular formula is C27H41IN2O5. The lowest BCUT2D eigenvalue weighted by molar-refractivity contribution is -0.117. The number of epoxide rings is 1. The van der Waals surface area contributed by atoms with Crippen molar-refractivity contribution in [1.29, 1.82) is 0 Å². The maximum atomic E-state index is 12.2. The number of nitrogens with one attached hydrogen (secondary N) is 1. The van der Waals surface area contributed by atoms with Gasteiger partial charge in [0.05, 0.1) is 18.3 Å². The van der Waals surface area contributed by atoms with Gasteiger partial charge in [-0.2, -0.15) is 0 Å². The lowest BCUT2D eigenvalue weighted by atomic mass is 9.83. The molecule has 0 aromatic carbocycles. The fourth-order valence-electron chi connectivity index (χ4n) is 4.84. The number of hydrogen-bond donors (Lipinski definition) is 1. The van der Waals surface area contributed by atoms with Crippen LogP contribution in [0.25, 0.3) is 0 Å². The van der Waals surface area contributed by atoms with Gasteiger partial charge in [0.2, 0.25) is 5.91 Å². The standard InChI is InChI=1S/C27H41IN2O5/c1-19(7-14-23-16-27(18-33-27)17-26(3,28)35-23)6-9-21-10-12-22(13-11-21)29-24(31)15-8-20(2)34-25(32)30(4)5/h6-8,14-15,20-23H,9-13,16-18H2,1-5H3,(H,29,31)/b14-7+,15-8-,19-6+/t20-,21?,22?,23+,26?,27+/m0/s1. The molecular weight excluding hydrogens is 559 g/mol. The average molecular weight is 601 g/mol. The first-order valence-electron chi connectivity index (χ1n) is 12.7. The molecule has 3 fully saturated rings. The number of carbonyl (C=O) groups excluding carboxylic acids is 2. The van der Waals surface area contributed by atoms with Gasteiger partial charge in [-0.1, -0.05) is 23.8 Å². The van der Waals surface area contributed by atoms with Crippen molar-refractivity contribution < 1.29 is 23.8 Å². The molecule has 1 saturated carbocycles. The van der Waals surface area contributed by atoms with Crippen molar-refractivity contribution in [2.45, 2.75) is 93.2 Å². The van der Waals surface area contributed by atoms with Gasteiger partial charge in [-0.15, -0.1) is 0 Å². The highest BCUT2D eigenvalue weighted by Crippen LogP contribution is 2.48. The van der Waals surface area contributed by atoms with Crippen molar-refractivity contribution in [2.24, 2.45) is 5.92 Å². The lowest BCUT2D eigenvalue weighted by Gasteiger charge is -2.37. The molecule has 2 saturated heterocycles. The second-order valence-electron chi connectivity index (χ2n) is 10.7. The minimum Gasteiger partial charge on any atom is -0.442 e. The van der Waals surface area contributed by atoms with E-state index in [9.17, 15) is 9.59 Å². The Morgan fingerprint density at radius 2 is 1.91 bits per heavy atom. The zero-order valence-corrected chi connectivity index (χ0v) is 23.9. The Morgan fingerprint density at radius 3 is 2.54 bits per heavy atom. The van der Waals surface area contributed by atoms with E-state index in [4.69, 9.17) is 14.2 Å². The quantitative estimate of drug-likeness (QED) is 0.135. The molecule has 1 spiro atoms. The Morgan fingerprint density at radius 1 is 1.23 bits per heavy atom. The van der Waals surface area contributed by atoms with Crippen LogP contribution in [0.15, 0.2) is 36.0 Å². The third-order valence-corrected chi connectivity index (χ3v) is 7.51. The van der Waals surface area contributed by atoms with Crippen molar-refractivity contribution >= 4 is 34.6 Å². The van der Waals surface area contributed by atoms with Gasteiger partial charge in [0.1, 0.15) is 9.71 Å². The SMILES string of the molecule is CC(/C=C/[C@@H]1C[C@]2(CO2)CC(C)(I)O1)=C\CC1CCC(NC(=O)/C=C\[C@H](C)OC(=O)N(C)C)CC1. The Kier molecular flexibility index (Phi) is 9.85. The van der Waals surface area contributed by atoms with Gasteiger partial charge in [0.25, 0.3) is 0 Å². The average Bonchev–Trinajstić information content (AvgIpc) is 3.51. The summed E-state index contributed by atoms with van der Waals surface area (Å²) in [7, 11) is 3.25. The summed E-state index contributed by atoms with van der Waals surface area (Å²) in [5.41, 5.74) is 1.31. The molecule has 0 aromatic heterocycles. The van der Waals surface area contributed by atoms with Gasteiger partial charge in [-0.25, -0.2) is 4.79 Å². The van der Waals surface area contributed by atoms with Gasteiger partial charge in [0.15, 0.2) is 0 Å². The molecule has 3 rings (SSSR count). The number of nitrogens with zero attached hydrogens (tertiary/aromatic N) is 1. The molecule has 3 aliphatic rings. The molecule has 7 nitrogen and oxygen atoms in total. The summed E-state index contributed by atoms with van der Waals surface area (Å²) in [6.45, 7) is 6.89. The van der Waals surface area contributed by atoms with Crippen molar-refractivity contribution in [2.75, 3.05) is 20.7 Å². The van der Waals surface area contributed by atoms with Crippen LogP contribution < -0.4 is 5.32 Å². The van der Waals surface area contributed by atoms with Crippen molar-refractivity contribution in [3.8, 4) is 0 Å². The number of amides is 2. The van der Waals surface area contributed by atoms with Gasteiger partial charge in [-0.05, 0) is 87.5 Å². The van der Waals surface area contributed by atoms with E-state index in [-0.39, 0.29) is 27.3 Å². The Bertz CT molecular complexity index is 833. The maximum absolute atomic E-state index is 12.2. The van der Waals surface area contributed by atoms with Crippen LogP contribution in [-0.4, -0.2) is 65.1 Å². The van der Waals surface area contributed by atoms with Crippen LogP contribution in [0, 0.1) is 5.92 Å². The third-order valence-electron chi connectivity index (χ3n) is 6.87. The van der Waals surface area contributed by atoms with Gasteiger partial charge >= 0.3 is 6.09 Å². The van der Waals surface area contributed by atoms with Gasteiger partial charge in [0, 0.05) is 39.1 Å². The van der Waals surface area contributed by atoms with E-state index in [0.717, 1.165) is 51.6 Å². The molecule has 196 valence electrons. The van der Waals surface area contributed by atoms with Crippen LogP contribution >= 0.6 is 22.6 Å². The van der Waals surface area contributed by atoms with Crippen LogP contribution in [0.4, 0.5) is 4.79 Å². The first-order valence-corrected chi connectivity index (χ1v) is 13.8. The smallest absolute Gasteiger partial charge is 0.409 e. The minimum absolute atomic E-state index is 0.0435. The molecule has 2 heterocycles. The minimum atomic E-state index is -0.450. The number of halogens is 1. The molecule has 0 bridgehead atoms. The lowest BCUT2D eigenvalue weighted by Crippen LogP contribution is -2.41. The number of alkyl halides is 1. The fraction of sp³-hybridized carbons (Fsp3) is 0.704. The molecule has 1 unspecified atom stereocenters. The van der Waals surface area contributed by atoms with Crippen LogP contribution in [0.2, 0.25) is 0 Å². The summed E-state index contributed by atoms with van der Waals surface area (Å²) >= 11 is 2.40. The van der Waals surface area contributed by atoms with E-state index in [1.54, 1.807) is 27.1 Å². The molecule has 2 amide bonds. The first kappa shape index (κ1) is 28.2. The summed E-state index contributed by atoms with van der Waals surface area (Å²) in [6.07, 6.45) is 16.2. The normalized spacial score (nSPS) is 34.2. The molecule has 35 heavy (non-hydrogen) atoms. The summed E-state index contributed by atoms with van der Waals surface area (Å²) in [4.78, 5) is 25.1. The molecule has 4 atom stereocenters. The van der Waals surface area contributed by atoms with Gasteiger partial charge in [-0.3, -0.25) is 4.79 Å². The highest BCUT2D eigenvalue weighted by atomic mass is 127. The summed E-state index contributed by atoms with van der Waals surface area (Å²) < 4.78 is 17.0. The largest absolute Gasteiger partial charge is 0.442 e. The fourth-order valence-corrected chi connectivity index (χ4v) is 5.86. The van der Waals surface area contributed by atoms with E-state index in [0.29, 0.717) is 5.92 Å². The Balaban J connectivity index is 1.35. The molecule has 0 radical (unpaired) electrons. The summed E-state index contributed by atoms with van der Waals surface area (Å²) in [5, 5.41) is 3.08. The van der Waals surface area contributed by atoms with Crippen molar-refractivity contribution in [1.82, 2.24) is 10.2 Å². The number of hydrogen-bond acceptors (Lipinski definition) is 5. The topological polar surface area (TPSA) is 80.4 Å². The maximum Gasteiger partial charge on any atom is 0.409 e. The first-order chi connectivity index (χ1) is 16.5. The van der Waals surface area contributed by atoms with Gasteiger partial charge < -0.3 is 24.4 Å². The zero-order chi connectivity index (χ0) is 25.6. The van der Waals surface area contributed by atoms with Crippen LogP contribution in [0.1, 0.15) is 65.7 Å². The highest BCUT2D eigenvalue weighted by molar-refractivity contribution is 14.1. The summed E-state index contributed by atoms with van der Waals surface area (Å²) in [5.74, 6) is 0.521. The number of carbonyl (C=O) groups is 2. The van der Waals surface area contributed by atoms with E-state index in [1.807, 2.05) is 0 Å². The highest BCUT2D eigenvalue weighted by Gasteiger charge is 2.54. The van der Waals surface area contributed by atoms with E-state index >= 15 is 0 Å². The second kappa shape index (κ2) is 12.2. The Labute approximate surface area is 223 Å². The molecule has 1 aliphatic carbocycles. The van der Waals surface area contributed by atoms with Crippen LogP contribution in [0.3, 0.4) is 0 Å². The van der Waals surface area contributed by atoms with Crippen LogP contribution in [0.5, 0.6) is 0 Å². The molecule has 2 aliphatic heterocycles. The summed E-state index contributed by atoms with van der Waals surface area (Å²) in [6, 6.07) is 0.205. The number of rotatable bonds is 8. The van der Waals surface area contributed by atoms with E-state index < -0.39 is 12.2 Å².